The van der Waals surface area contributed by atoms with Crippen LogP contribution in [0.3, 0.4) is 0 Å². The normalized spacial score (nSPS) is 11.4. The number of hydrogen-bond acceptors (Lipinski definition) is 4. The Morgan fingerprint density at radius 1 is 1.00 bits per heavy atom. The maximum absolute atomic E-state index is 12.7. The number of aromatic nitrogens is 2. The first kappa shape index (κ1) is 19.0. The van der Waals surface area contributed by atoms with E-state index in [1.807, 2.05) is 19.9 Å². The lowest BCUT2D eigenvalue weighted by Gasteiger charge is -2.21. The van der Waals surface area contributed by atoms with E-state index in [0.717, 1.165) is 49.6 Å². The van der Waals surface area contributed by atoms with Gasteiger partial charge in [0.15, 0.2) is 0 Å². The average molecular weight is 352 g/mol. The fourth-order valence-corrected chi connectivity index (χ4v) is 2.50. The highest BCUT2D eigenvalue weighted by molar-refractivity contribution is 5.56. The highest BCUT2D eigenvalue weighted by Crippen LogP contribution is 2.30. The van der Waals surface area contributed by atoms with Crippen LogP contribution in [0, 0.1) is 0 Å². The summed E-state index contributed by atoms with van der Waals surface area (Å²) in [5, 5.41) is 3.01. The van der Waals surface area contributed by atoms with Crippen molar-refractivity contribution in [1.82, 2.24) is 9.97 Å². The van der Waals surface area contributed by atoms with Crippen LogP contribution in [0.25, 0.3) is 0 Å². The van der Waals surface area contributed by atoms with Gasteiger partial charge in [0.1, 0.15) is 5.82 Å². The molecule has 4 nitrogen and oxygen atoms in total. The molecule has 0 aliphatic rings. The van der Waals surface area contributed by atoms with E-state index in [9.17, 15) is 13.2 Å². The van der Waals surface area contributed by atoms with Crippen LogP contribution in [-0.4, -0.2) is 23.1 Å². The Labute approximate surface area is 146 Å². The predicted octanol–water partition coefficient (Wildman–Crippen LogP) is 5.04. The van der Waals surface area contributed by atoms with Gasteiger partial charge in [-0.1, -0.05) is 13.3 Å². The topological polar surface area (TPSA) is 41.1 Å². The summed E-state index contributed by atoms with van der Waals surface area (Å²) in [5.74, 6) is 1.21. The van der Waals surface area contributed by atoms with Gasteiger partial charge in [-0.3, -0.25) is 0 Å². The van der Waals surface area contributed by atoms with E-state index in [1.54, 1.807) is 0 Å². The zero-order valence-corrected chi connectivity index (χ0v) is 14.7. The van der Waals surface area contributed by atoms with Crippen molar-refractivity contribution in [1.29, 1.82) is 0 Å². The molecular formula is C18H23F3N4. The quantitative estimate of drug-likeness (QED) is 0.758. The van der Waals surface area contributed by atoms with E-state index >= 15 is 0 Å². The number of anilines is 3. The molecule has 0 bridgehead atoms. The van der Waals surface area contributed by atoms with Gasteiger partial charge in [0.05, 0.1) is 5.56 Å². The standard InChI is InChI=1S/C18H23F3N4/c1-4-7-15-12-16(25(5-2)6-3)24-17(23-15)22-14-10-8-13(9-11-14)18(19,20)21/h8-12H,4-7H2,1-3H3,(H,22,23,24). The minimum atomic E-state index is -4.34. The fourth-order valence-electron chi connectivity index (χ4n) is 2.50. The molecule has 2 aromatic rings. The minimum absolute atomic E-state index is 0.396. The lowest BCUT2D eigenvalue weighted by molar-refractivity contribution is -0.137. The number of aryl methyl sites for hydroxylation is 1. The number of nitrogens with one attached hydrogen (secondary N) is 1. The molecule has 136 valence electrons. The summed E-state index contributed by atoms with van der Waals surface area (Å²) in [6.45, 7) is 7.81. The highest BCUT2D eigenvalue weighted by atomic mass is 19.4. The predicted molar refractivity (Wildman–Crippen MR) is 94.3 cm³/mol. The van der Waals surface area contributed by atoms with Crippen LogP contribution in [0.1, 0.15) is 38.4 Å². The highest BCUT2D eigenvalue weighted by Gasteiger charge is 2.29. The van der Waals surface area contributed by atoms with Crippen molar-refractivity contribution < 1.29 is 13.2 Å². The molecule has 7 heteroatoms. The molecule has 0 radical (unpaired) electrons. The van der Waals surface area contributed by atoms with E-state index in [4.69, 9.17) is 0 Å². The number of alkyl halides is 3. The lowest BCUT2D eigenvalue weighted by atomic mass is 10.2. The summed E-state index contributed by atoms with van der Waals surface area (Å²) in [6, 6.07) is 6.83. The number of nitrogens with zero attached hydrogens (tertiary/aromatic N) is 3. The third-order valence-electron chi connectivity index (χ3n) is 3.83. The van der Waals surface area contributed by atoms with Crippen LogP contribution in [0.4, 0.5) is 30.6 Å². The molecular weight excluding hydrogens is 329 g/mol. The Balaban J connectivity index is 2.28. The molecule has 0 aliphatic carbocycles. The van der Waals surface area contributed by atoms with Crippen molar-refractivity contribution in [2.45, 2.75) is 39.8 Å². The van der Waals surface area contributed by atoms with Gasteiger partial charge in [0.2, 0.25) is 5.95 Å². The SMILES string of the molecule is CCCc1cc(N(CC)CC)nc(Nc2ccc(C(F)(F)F)cc2)n1. The van der Waals surface area contributed by atoms with Gasteiger partial charge in [0.25, 0.3) is 0 Å². The van der Waals surface area contributed by atoms with E-state index < -0.39 is 11.7 Å². The van der Waals surface area contributed by atoms with Crippen LogP contribution >= 0.6 is 0 Å². The Kier molecular flexibility index (Phi) is 6.22. The van der Waals surface area contributed by atoms with E-state index in [0.29, 0.717) is 11.6 Å². The Bertz CT molecular complexity index is 680. The van der Waals surface area contributed by atoms with Gasteiger partial charge in [-0.25, -0.2) is 4.98 Å². The molecule has 2 rings (SSSR count). The molecule has 25 heavy (non-hydrogen) atoms. The molecule has 1 heterocycles. The van der Waals surface area contributed by atoms with E-state index in [-0.39, 0.29) is 0 Å². The van der Waals surface area contributed by atoms with Gasteiger partial charge in [-0.2, -0.15) is 18.2 Å². The zero-order valence-electron chi connectivity index (χ0n) is 14.7. The third-order valence-corrected chi connectivity index (χ3v) is 3.83. The van der Waals surface area contributed by atoms with Crippen molar-refractivity contribution in [2.24, 2.45) is 0 Å². The second-order valence-corrected chi connectivity index (χ2v) is 5.66. The molecule has 0 atom stereocenters. The van der Waals surface area contributed by atoms with Crippen LogP contribution in [0.2, 0.25) is 0 Å². The fraction of sp³-hybridized carbons (Fsp3) is 0.444. The van der Waals surface area contributed by atoms with Gasteiger partial charge >= 0.3 is 6.18 Å². The van der Waals surface area contributed by atoms with E-state index in [1.165, 1.54) is 12.1 Å². The molecule has 1 N–H and O–H groups in total. The molecule has 0 unspecified atom stereocenters. The molecule has 1 aromatic heterocycles. The molecule has 0 fully saturated rings. The first-order valence-electron chi connectivity index (χ1n) is 8.44. The molecule has 0 aliphatic heterocycles. The van der Waals surface area contributed by atoms with Crippen molar-refractivity contribution in [3.63, 3.8) is 0 Å². The molecule has 1 aromatic carbocycles. The number of rotatable bonds is 7. The van der Waals surface area contributed by atoms with Crippen LogP contribution in [0.5, 0.6) is 0 Å². The van der Waals surface area contributed by atoms with E-state index in [2.05, 4.69) is 27.1 Å². The summed E-state index contributed by atoms with van der Waals surface area (Å²) < 4.78 is 38.0. The molecule has 0 amide bonds. The van der Waals surface area contributed by atoms with Crippen molar-refractivity contribution in [3.05, 3.63) is 41.6 Å². The van der Waals surface area contributed by atoms with Crippen LogP contribution in [-0.2, 0) is 12.6 Å². The maximum Gasteiger partial charge on any atom is 0.416 e. The summed E-state index contributed by atoms with van der Waals surface area (Å²) in [5.41, 5.74) is 0.753. The first-order chi connectivity index (χ1) is 11.9. The minimum Gasteiger partial charge on any atom is -0.357 e. The second-order valence-electron chi connectivity index (χ2n) is 5.66. The summed E-state index contributed by atoms with van der Waals surface area (Å²) in [6.07, 6.45) is -2.57. The van der Waals surface area contributed by atoms with Crippen LogP contribution < -0.4 is 10.2 Å². The number of benzene rings is 1. The Hall–Kier alpha value is -2.31. The Morgan fingerprint density at radius 3 is 2.16 bits per heavy atom. The van der Waals surface area contributed by atoms with Crippen molar-refractivity contribution in [3.8, 4) is 0 Å². The molecule has 0 saturated carbocycles. The second kappa shape index (κ2) is 8.18. The van der Waals surface area contributed by atoms with Gasteiger partial charge < -0.3 is 10.2 Å². The lowest BCUT2D eigenvalue weighted by Crippen LogP contribution is -2.23. The molecule has 0 spiro atoms. The monoisotopic (exact) mass is 352 g/mol. The third kappa shape index (κ3) is 5.08. The number of hydrogen-bond donors (Lipinski definition) is 1. The van der Waals surface area contributed by atoms with Gasteiger partial charge in [0, 0.05) is 30.5 Å². The van der Waals surface area contributed by atoms with Crippen LogP contribution in [0.15, 0.2) is 30.3 Å². The Morgan fingerprint density at radius 2 is 1.64 bits per heavy atom. The summed E-state index contributed by atoms with van der Waals surface area (Å²) in [7, 11) is 0. The van der Waals surface area contributed by atoms with Crippen molar-refractivity contribution >= 4 is 17.5 Å². The average Bonchev–Trinajstić information content (AvgIpc) is 2.56. The maximum atomic E-state index is 12.7. The molecule has 0 saturated heterocycles. The van der Waals surface area contributed by atoms with Gasteiger partial charge in [-0.15, -0.1) is 0 Å². The zero-order chi connectivity index (χ0) is 18.4. The van der Waals surface area contributed by atoms with Crippen molar-refractivity contribution in [2.75, 3.05) is 23.3 Å². The summed E-state index contributed by atoms with van der Waals surface area (Å²) in [4.78, 5) is 11.1. The summed E-state index contributed by atoms with van der Waals surface area (Å²) >= 11 is 0. The first-order valence-corrected chi connectivity index (χ1v) is 8.44. The number of halogens is 3. The largest absolute Gasteiger partial charge is 0.416 e. The smallest absolute Gasteiger partial charge is 0.357 e. The van der Waals surface area contributed by atoms with Gasteiger partial charge in [-0.05, 0) is 44.5 Å².